The number of nitrogens with two attached hydrogens (primary N) is 1. The Morgan fingerprint density at radius 2 is 2.14 bits per heavy atom. The fourth-order valence-electron chi connectivity index (χ4n) is 1.18. The molecule has 14 heavy (non-hydrogen) atoms. The molecule has 0 aromatic heterocycles. The minimum Gasteiger partial charge on any atom is -0.497 e. The van der Waals surface area contributed by atoms with E-state index in [-0.39, 0.29) is 18.4 Å². The fourth-order valence-corrected chi connectivity index (χ4v) is 1.74. The minimum atomic E-state index is 0. The number of rotatable bonds is 3. The largest absolute Gasteiger partial charge is 0.497 e. The highest BCUT2D eigenvalue weighted by molar-refractivity contribution is 14.1. The lowest BCUT2D eigenvalue weighted by Gasteiger charge is -2.09. The van der Waals surface area contributed by atoms with Crippen molar-refractivity contribution >= 4 is 35.0 Å². The molecule has 1 atom stereocenters. The molecule has 0 heterocycles. The van der Waals surface area contributed by atoms with Crippen LogP contribution in [0, 0.1) is 3.57 Å². The van der Waals surface area contributed by atoms with E-state index in [4.69, 9.17) is 10.5 Å². The summed E-state index contributed by atoms with van der Waals surface area (Å²) in [4.78, 5) is 0. The Morgan fingerprint density at radius 3 is 2.64 bits per heavy atom. The van der Waals surface area contributed by atoms with E-state index in [2.05, 4.69) is 28.7 Å². The van der Waals surface area contributed by atoms with Crippen molar-refractivity contribution in [3.05, 3.63) is 27.3 Å². The van der Waals surface area contributed by atoms with Gasteiger partial charge in [0.15, 0.2) is 0 Å². The van der Waals surface area contributed by atoms with E-state index in [9.17, 15) is 0 Å². The molecule has 4 heteroatoms. The van der Waals surface area contributed by atoms with E-state index >= 15 is 0 Å². The molecule has 0 aliphatic carbocycles. The molecule has 80 valence electrons. The summed E-state index contributed by atoms with van der Waals surface area (Å²) in [7, 11) is 1.68. The number of benzene rings is 1. The minimum absolute atomic E-state index is 0. The number of halogens is 2. The molecular weight excluding hydrogens is 312 g/mol. The maximum absolute atomic E-state index is 5.74. The number of hydrogen-bond donors (Lipinski definition) is 1. The monoisotopic (exact) mass is 327 g/mol. The zero-order valence-corrected chi connectivity index (χ0v) is 11.3. The zero-order valence-electron chi connectivity index (χ0n) is 8.29. The van der Waals surface area contributed by atoms with Crippen LogP contribution in [0.4, 0.5) is 0 Å². The summed E-state index contributed by atoms with van der Waals surface area (Å²) in [6, 6.07) is 6.26. The quantitative estimate of drug-likeness (QED) is 0.866. The summed E-state index contributed by atoms with van der Waals surface area (Å²) in [6.45, 7) is 2.01. The molecule has 0 aliphatic heterocycles. The molecule has 0 fully saturated rings. The molecule has 0 bridgehead atoms. The van der Waals surface area contributed by atoms with Gasteiger partial charge < -0.3 is 10.5 Å². The van der Waals surface area contributed by atoms with Crippen LogP contribution in [0.15, 0.2) is 18.2 Å². The van der Waals surface area contributed by atoms with E-state index in [0.29, 0.717) is 0 Å². The van der Waals surface area contributed by atoms with Gasteiger partial charge in [-0.25, -0.2) is 0 Å². The van der Waals surface area contributed by atoms with E-state index in [1.165, 1.54) is 9.13 Å². The summed E-state index contributed by atoms with van der Waals surface area (Å²) in [5.41, 5.74) is 7.00. The highest BCUT2D eigenvalue weighted by atomic mass is 127. The molecule has 0 aliphatic rings. The van der Waals surface area contributed by atoms with Gasteiger partial charge in [0.2, 0.25) is 0 Å². The maximum atomic E-state index is 5.74. The van der Waals surface area contributed by atoms with Crippen molar-refractivity contribution in [3.8, 4) is 5.75 Å². The number of ether oxygens (including phenoxy) is 1. The van der Waals surface area contributed by atoms with E-state index in [0.717, 1.165) is 12.2 Å². The Kier molecular flexibility index (Phi) is 6.48. The van der Waals surface area contributed by atoms with Crippen LogP contribution in [0.3, 0.4) is 0 Å². The lowest BCUT2D eigenvalue weighted by molar-refractivity contribution is 0.414. The Bertz CT molecular complexity index is 291. The predicted molar refractivity (Wildman–Crippen MR) is 70.3 cm³/mol. The van der Waals surface area contributed by atoms with Crippen molar-refractivity contribution in [2.75, 3.05) is 7.11 Å². The molecule has 0 saturated carbocycles. The first-order chi connectivity index (χ1) is 6.13. The van der Waals surface area contributed by atoms with Gasteiger partial charge in [0.25, 0.3) is 0 Å². The molecule has 2 nitrogen and oxygen atoms in total. The van der Waals surface area contributed by atoms with Crippen LogP contribution in [-0.4, -0.2) is 13.2 Å². The van der Waals surface area contributed by atoms with Crippen LogP contribution in [0.5, 0.6) is 5.75 Å². The normalized spacial score (nSPS) is 11.7. The van der Waals surface area contributed by atoms with Crippen molar-refractivity contribution in [2.45, 2.75) is 19.4 Å². The Labute approximate surface area is 105 Å². The zero-order chi connectivity index (χ0) is 9.84. The third kappa shape index (κ3) is 4.02. The van der Waals surface area contributed by atoms with Gasteiger partial charge in [-0.15, -0.1) is 12.4 Å². The van der Waals surface area contributed by atoms with Gasteiger partial charge in [-0.05, 0) is 59.7 Å². The molecule has 0 spiro atoms. The molecule has 0 amide bonds. The van der Waals surface area contributed by atoms with E-state index in [1.807, 2.05) is 19.1 Å². The average molecular weight is 328 g/mol. The highest BCUT2D eigenvalue weighted by Crippen LogP contribution is 2.20. The fraction of sp³-hybridized carbons (Fsp3) is 0.400. The van der Waals surface area contributed by atoms with Gasteiger partial charge in [0.05, 0.1) is 7.11 Å². The highest BCUT2D eigenvalue weighted by Gasteiger charge is 2.04. The molecular formula is C10H15ClINO. The van der Waals surface area contributed by atoms with Crippen LogP contribution >= 0.6 is 35.0 Å². The summed E-state index contributed by atoms with van der Waals surface area (Å²) >= 11 is 2.32. The smallest absolute Gasteiger partial charge is 0.119 e. The van der Waals surface area contributed by atoms with Crippen molar-refractivity contribution in [3.63, 3.8) is 0 Å². The summed E-state index contributed by atoms with van der Waals surface area (Å²) in [6.07, 6.45) is 0.898. The third-order valence-corrected chi connectivity index (χ3v) is 2.85. The first-order valence-corrected chi connectivity index (χ1v) is 5.29. The summed E-state index contributed by atoms with van der Waals surface area (Å²) < 4.78 is 6.39. The molecule has 1 aromatic rings. The van der Waals surface area contributed by atoms with Crippen LogP contribution < -0.4 is 10.5 Å². The van der Waals surface area contributed by atoms with E-state index in [1.54, 1.807) is 7.11 Å². The SMILES string of the molecule is COc1ccc(I)c(CC(C)N)c1.Cl. The van der Waals surface area contributed by atoms with Crippen LogP contribution in [0.1, 0.15) is 12.5 Å². The van der Waals surface area contributed by atoms with Crippen LogP contribution in [0.2, 0.25) is 0 Å². The maximum Gasteiger partial charge on any atom is 0.119 e. The Balaban J connectivity index is 0.00000169. The van der Waals surface area contributed by atoms with Gasteiger partial charge in [0, 0.05) is 9.61 Å². The second-order valence-electron chi connectivity index (χ2n) is 3.14. The standard InChI is InChI=1S/C10H14INO.ClH/c1-7(12)5-8-6-9(13-2)3-4-10(8)11;/h3-4,6-7H,5,12H2,1-2H3;1H. The first-order valence-electron chi connectivity index (χ1n) is 4.21. The number of methoxy groups -OCH3 is 1. The molecule has 2 N–H and O–H groups in total. The first kappa shape index (κ1) is 14.0. The predicted octanol–water partition coefficient (Wildman–Crippen LogP) is 2.61. The molecule has 1 aromatic carbocycles. The second kappa shape index (κ2) is 6.48. The van der Waals surface area contributed by atoms with Gasteiger partial charge in [-0.1, -0.05) is 0 Å². The number of hydrogen-bond acceptors (Lipinski definition) is 2. The Hall–Kier alpha value is -0.000000000000000167. The van der Waals surface area contributed by atoms with Crippen LogP contribution in [0.25, 0.3) is 0 Å². The lowest BCUT2D eigenvalue weighted by atomic mass is 10.1. The van der Waals surface area contributed by atoms with Gasteiger partial charge >= 0.3 is 0 Å². The van der Waals surface area contributed by atoms with Gasteiger partial charge in [0.1, 0.15) is 5.75 Å². The van der Waals surface area contributed by atoms with Crippen LogP contribution in [-0.2, 0) is 6.42 Å². The second-order valence-corrected chi connectivity index (χ2v) is 4.30. The van der Waals surface area contributed by atoms with Crippen molar-refractivity contribution in [2.24, 2.45) is 5.73 Å². The topological polar surface area (TPSA) is 35.2 Å². The average Bonchev–Trinajstić information content (AvgIpc) is 2.08. The van der Waals surface area contributed by atoms with Crippen molar-refractivity contribution < 1.29 is 4.74 Å². The summed E-state index contributed by atoms with van der Waals surface area (Å²) in [5.74, 6) is 0.899. The Morgan fingerprint density at radius 1 is 1.50 bits per heavy atom. The van der Waals surface area contributed by atoms with Crippen molar-refractivity contribution in [1.82, 2.24) is 0 Å². The third-order valence-electron chi connectivity index (χ3n) is 1.79. The molecule has 1 unspecified atom stereocenters. The van der Waals surface area contributed by atoms with Gasteiger partial charge in [-0.2, -0.15) is 0 Å². The molecule has 0 radical (unpaired) electrons. The molecule has 0 saturated heterocycles. The van der Waals surface area contributed by atoms with Crippen molar-refractivity contribution in [1.29, 1.82) is 0 Å². The van der Waals surface area contributed by atoms with E-state index < -0.39 is 0 Å². The van der Waals surface area contributed by atoms with Gasteiger partial charge in [-0.3, -0.25) is 0 Å². The molecule has 1 rings (SSSR count). The lowest BCUT2D eigenvalue weighted by Crippen LogP contribution is -2.18. The summed E-state index contributed by atoms with van der Waals surface area (Å²) in [5, 5.41) is 0.